The molecule has 15 heavy (non-hydrogen) atoms. The summed E-state index contributed by atoms with van der Waals surface area (Å²) in [5.41, 5.74) is 0.576. The second-order valence-corrected chi connectivity index (χ2v) is 5.43. The lowest BCUT2D eigenvalue weighted by atomic mass is 10.2. The number of carbonyl (C=O) groups excluding carboxylic acids is 1. The van der Waals surface area contributed by atoms with Gasteiger partial charge in [0, 0.05) is 17.6 Å². The van der Waals surface area contributed by atoms with Crippen molar-refractivity contribution >= 4 is 25.7 Å². The molecule has 82 valence electrons. The Hall–Kier alpha value is -1.07. The summed E-state index contributed by atoms with van der Waals surface area (Å²) in [6.45, 7) is 1.32. The van der Waals surface area contributed by atoms with Gasteiger partial charge in [0.05, 0.1) is 4.90 Å². The van der Waals surface area contributed by atoms with E-state index in [1.807, 2.05) is 0 Å². The first-order valence-electron chi connectivity index (χ1n) is 4.06. The summed E-state index contributed by atoms with van der Waals surface area (Å²) in [7, 11) is 1.43. The van der Waals surface area contributed by atoms with Gasteiger partial charge in [-0.15, -0.1) is 0 Å². The van der Waals surface area contributed by atoms with E-state index in [-0.39, 0.29) is 11.5 Å². The number of esters is 1. The van der Waals surface area contributed by atoms with Gasteiger partial charge in [0.1, 0.15) is 6.61 Å². The van der Waals surface area contributed by atoms with Crippen molar-refractivity contribution in [3.63, 3.8) is 0 Å². The molecule has 0 radical (unpaired) electrons. The molecule has 0 aliphatic heterocycles. The van der Waals surface area contributed by atoms with E-state index in [9.17, 15) is 13.2 Å². The molecule has 4 nitrogen and oxygen atoms in total. The molecule has 0 N–H and O–H groups in total. The molecule has 0 spiro atoms. The Morgan fingerprint density at radius 2 is 2.13 bits per heavy atom. The van der Waals surface area contributed by atoms with Crippen LogP contribution < -0.4 is 0 Å². The van der Waals surface area contributed by atoms with E-state index in [1.54, 1.807) is 6.07 Å². The molecular formula is C9H9ClO4S. The number of hydrogen-bond acceptors (Lipinski definition) is 4. The molecule has 0 amide bonds. The van der Waals surface area contributed by atoms with Gasteiger partial charge in [0.25, 0.3) is 9.05 Å². The third kappa shape index (κ3) is 3.89. The van der Waals surface area contributed by atoms with Gasteiger partial charge in [0.2, 0.25) is 0 Å². The first-order valence-corrected chi connectivity index (χ1v) is 6.37. The van der Waals surface area contributed by atoms with Gasteiger partial charge >= 0.3 is 5.97 Å². The molecule has 1 aromatic carbocycles. The van der Waals surface area contributed by atoms with Gasteiger partial charge in [-0.1, -0.05) is 12.1 Å². The lowest BCUT2D eigenvalue weighted by Gasteiger charge is -2.03. The molecule has 0 heterocycles. The van der Waals surface area contributed by atoms with Crippen LogP contribution in [0.1, 0.15) is 12.5 Å². The van der Waals surface area contributed by atoms with E-state index in [2.05, 4.69) is 0 Å². The van der Waals surface area contributed by atoms with Gasteiger partial charge in [-0.25, -0.2) is 8.42 Å². The quantitative estimate of drug-likeness (QED) is 0.603. The first-order chi connectivity index (χ1) is 6.89. The van der Waals surface area contributed by atoms with E-state index in [0.29, 0.717) is 5.56 Å². The maximum absolute atomic E-state index is 11.0. The Morgan fingerprint density at radius 3 is 2.67 bits per heavy atom. The third-order valence-electron chi connectivity index (χ3n) is 1.62. The van der Waals surface area contributed by atoms with Gasteiger partial charge in [-0.05, 0) is 17.7 Å². The number of carbonyl (C=O) groups is 1. The zero-order valence-corrected chi connectivity index (χ0v) is 9.51. The topological polar surface area (TPSA) is 60.4 Å². The Bertz CT molecular complexity index is 467. The smallest absolute Gasteiger partial charge is 0.302 e. The van der Waals surface area contributed by atoms with Crippen molar-refractivity contribution in [2.24, 2.45) is 0 Å². The van der Waals surface area contributed by atoms with E-state index < -0.39 is 15.0 Å². The van der Waals surface area contributed by atoms with E-state index in [1.165, 1.54) is 25.1 Å². The molecule has 6 heteroatoms. The second kappa shape index (κ2) is 4.63. The van der Waals surface area contributed by atoms with Gasteiger partial charge < -0.3 is 4.74 Å². The molecule has 0 aromatic heterocycles. The maximum atomic E-state index is 11.0. The summed E-state index contributed by atoms with van der Waals surface area (Å²) in [6.07, 6.45) is 0. The molecule has 0 saturated carbocycles. The number of rotatable bonds is 3. The Labute approximate surface area is 92.2 Å². The Kier molecular flexibility index (Phi) is 3.71. The maximum Gasteiger partial charge on any atom is 0.302 e. The van der Waals surface area contributed by atoms with Gasteiger partial charge in [0.15, 0.2) is 0 Å². The largest absolute Gasteiger partial charge is 0.461 e. The average molecular weight is 249 g/mol. The van der Waals surface area contributed by atoms with Gasteiger partial charge in [-0.3, -0.25) is 4.79 Å². The summed E-state index contributed by atoms with van der Waals surface area (Å²) in [5.74, 6) is -0.422. The number of hydrogen-bond donors (Lipinski definition) is 0. The molecule has 0 bridgehead atoms. The van der Waals surface area contributed by atoms with Crippen LogP contribution in [-0.2, 0) is 25.2 Å². The van der Waals surface area contributed by atoms with Crippen LogP contribution in [0.3, 0.4) is 0 Å². The Morgan fingerprint density at radius 1 is 1.47 bits per heavy atom. The Balaban J connectivity index is 2.89. The van der Waals surface area contributed by atoms with Crippen molar-refractivity contribution in [3.05, 3.63) is 29.8 Å². The van der Waals surface area contributed by atoms with Crippen molar-refractivity contribution in [1.82, 2.24) is 0 Å². The minimum atomic E-state index is -3.73. The number of ether oxygens (including phenoxy) is 1. The molecule has 0 unspecified atom stereocenters. The van der Waals surface area contributed by atoms with Crippen LogP contribution in [-0.4, -0.2) is 14.4 Å². The molecule has 0 atom stereocenters. The predicted octanol–water partition coefficient (Wildman–Crippen LogP) is 1.68. The molecule has 0 saturated heterocycles. The van der Waals surface area contributed by atoms with Crippen LogP contribution in [0.2, 0.25) is 0 Å². The highest BCUT2D eigenvalue weighted by Crippen LogP contribution is 2.16. The van der Waals surface area contributed by atoms with Crippen molar-refractivity contribution in [1.29, 1.82) is 0 Å². The molecule has 0 aliphatic carbocycles. The molecule has 0 aliphatic rings. The van der Waals surface area contributed by atoms with E-state index in [0.717, 1.165) is 0 Å². The van der Waals surface area contributed by atoms with E-state index in [4.69, 9.17) is 15.4 Å². The lowest BCUT2D eigenvalue weighted by molar-refractivity contribution is -0.142. The fourth-order valence-electron chi connectivity index (χ4n) is 0.972. The summed E-state index contributed by atoms with van der Waals surface area (Å²) < 4.78 is 26.7. The first kappa shape index (κ1) is 12.0. The SMILES string of the molecule is CC(=O)OCc1cccc(S(=O)(=O)Cl)c1. The summed E-state index contributed by atoms with van der Waals surface area (Å²) >= 11 is 0. The molecule has 0 fully saturated rings. The third-order valence-corrected chi connectivity index (χ3v) is 2.97. The molecule has 1 rings (SSSR count). The lowest BCUT2D eigenvalue weighted by Crippen LogP contribution is -2.00. The molecule has 1 aromatic rings. The summed E-state index contributed by atoms with van der Waals surface area (Å²) in [6, 6.07) is 5.92. The summed E-state index contributed by atoms with van der Waals surface area (Å²) in [5, 5.41) is 0. The standard InChI is InChI=1S/C9H9ClO4S/c1-7(11)14-6-8-3-2-4-9(5-8)15(10,12)13/h2-5H,6H2,1H3. The van der Waals surface area contributed by atoms with Crippen molar-refractivity contribution in [2.75, 3.05) is 0 Å². The highest BCUT2D eigenvalue weighted by Gasteiger charge is 2.10. The van der Waals surface area contributed by atoms with Gasteiger partial charge in [-0.2, -0.15) is 0 Å². The normalized spacial score (nSPS) is 11.1. The molecular weight excluding hydrogens is 240 g/mol. The van der Waals surface area contributed by atoms with Crippen LogP contribution in [0.5, 0.6) is 0 Å². The minimum absolute atomic E-state index is 0.00572. The van der Waals surface area contributed by atoms with Crippen molar-refractivity contribution in [3.8, 4) is 0 Å². The van der Waals surface area contributed by atoms with Crippen LogP contribution in [0, 0.1) is 0 Å². The van der Waals surface area contributed by atoms with Crippen molar-refractivity contribution in [2.45, 2.75) is 18.4 Å². The summed E-state index contributed by atoms with van der Waals surface area (Å²) in [4.78, 5) is 10.5. The fraction of sp³-hybridized carbons (Fsp3) is 0.222. The van der Waals surface area contributed by atoms with Crippen LogP contribution >= 0.6 is 10.7 Å². The second-order valence-electron chi connectivity index (χ2n) is 2.87. The number of halogens is 1. The van der Waals surface area contributed by atoms with Crippen molar-refractivity contribution < 1.29 is 17.9 Å². The van der Waals surface area contributed by atoms with Crippen LogP contribution in [0.15, 0.2) is 29.2 Å². The zero-order valence-electron chi connectivity index (χ0n) is 7.94. The highest BCUT2D eigenvalue weighted by atomic mass is 35.7. The number of benzene rings is 1. The monoisotopic (exact) mass is 248 g/mol. The minimum Gasteiger partial charge on any atom is -0.461 e. The van der Waals surface area contributed by atoms with E-state index >= 15 is 0 Å². The van der Waals surface area contributed by atoms with Crippen LogP contribution in [0.25, 0.3) is 0 Å². The van der Waals surface area contributed by atoms with Crippen LogP contribution in [0.4, 0.5) is 0 Å². The average Bonchev–Trinajstić information content (AvgIpc) is 2.14. The highest BCUT2D eigenvalue weighted by molar-refractivity contribution is 8.13. The zero-order chi connectivity index (χ0) is 11.5. The fourth-order valence-corrected chi connectivity index (χ4v) is 1.79. The predicted molar refractivity (Wildman–Crippen MR) is 55.0 cm³/mol.